The van der Waals surface area contributed by atoms with Gasteiger partial charge in [0.2, 0.25) is 5.95 Å². The van der Waals surface area contributed by atoms with E-state index in [1.165, 1.54) is 57.8 Å². The zero-order valence-corrected chi connectivity index (χ0v) is 22.5. The van der Waals surface area contributed by atoms with Gasteiger partial charge in [-0.15, -0.1) is 0 Å². The van der Waals surface area contributed by atoms with Crippen molar-refractivity contribution < 1.29 is 4.79 Å². The molecular formula is C30H38ClN5O. The molecule has 4 N–H and O–H groups in total. The SMILES string of the molecule is C=C(NCc1ccc(Cl)c(Nc2nc3ccc(C(=O)NCC4CCCCC4)cc3[nH]2)c1)C1(C)CCCC1. The Morgan fingerprint density at radius 3 is 2.65 bits per heavy atom. The number of amides is 1. The van der Waals surface area contributed by atoms with Gasteiger partial charge < -0.3 is 20.9 Å². The van der Waals surface area contributed by atoms with E-state index < -0.39 is 0 Å². The molecular weight excluding hydrogens is 482 g/mol. The minimum Gasteiger partial charge on any atom is -0.384 e. The van der Waals surface area contributed by atoms with Crippen molar-refractivity contribution in [3.8, 4) is 0 Å². The Labute approximate surface area is 224 Å². The third-order valence-corrected chi connectivity index (χ3v) is 8.58. The maximum atomic E-state index is 12.7. The standard InChI is InChI=1S/C30H38ClN5O/c1-20(30(2)14-6-7-15-30)32-19-22-10-12-24(31)26(16-22)35-29-34-25-13-11-23(17-27(25)36-29)28(37)33-18-21-8-4-3-5-9-21/h10-13,16-17,21,32H,1,3-9,14-15,18-19H2,2H3,(H,33,37)(H2,34,35,36). The highest BCUT2D eigenvalue weighted by Crippen LogP contribution is 2.42. The van der Waals surface area contributed by atoms with Crippen molar-refractivity contribution in [1.82, 2.24) is 20.6 Å². The Morgan fingerprint density at radius 1 is 1.08 bits per heavy atom. The number of imidazole rings is 1. The van der Waals surface area contributed by atoms with E-state index in [0.717, 1.165) is 34.5 Å². The monoisotopic (exact) mass is 519 g/mol. The van der Waals surface area contributed by atoms with E-state index in [1.54, 1.807) is 0 Å². The molecule has 0 spiro atoms. The predicted molar refractivity (Wildman–Crippen MR) is 152 cm³/mol. The van der Waals surface area contributed by atoms with E-state index in [0.29, 0.717) is 29.0 Å². The molecule has 196 valence electrons. The summed E-state index contributed by atoms with van der Waals surface area (Å²) in [5.74, 6) is 1.15. The van der Waals surface area contributed by atoms with Crippen molar-refractivity contribution in [3.05, 3.63) is 64.8 Å². The molecule has 2 saturated carbocycles. The van der Waals surface area contributed by atoms with Gasteiger partial charge in [0.25, 0.3) is 5.91 Å². The zero-order chi connectivity index (χ0) is 25.8. The number of halogens is 1. The number of allylic oxidation sites excluding steroid dienone is 1. The second kappa shape index (κ2) is 11.2. The molecule has 2 fully saturated rings. The number of aromatic amines is 1. The average molecular weight is 520 g/mol. The molecule has 2 aliphatic rings. The molecule has 0 saturated heterocycles. The van der Waals surface area contributed by atoms with Crippen LogP contribution in [-0.4, -0.2) is 22.4 Å². The lowest BCUT2D eigenvalue weighted by Gasteiger charge is -2.27. The van der Waals surface area contributed by atoms with Gasteiger partial charge in [-0.2, -0.15) is 0 Å². The van der Waals surface area contributed by atoms with Crippen molar-refractivity contribution >= 4 is 40.2 Å². The molecule has 0 radical (unpaired) electrons. The van der Waals surface area contributed by atoms with Crippen molar-refractivity contribution in [1.29, 1.82) is 0 Å². The van der Waals surface area contributed by atoms with E-state index in [4.69, 9.17) is 11.6 Å². The second-order valence-corrected chi connectivity index (χ2v) is 11.5. The smallest absolute Gasteiger partial charge is 0.251 e. The number of H-pyrrole nitrogens is 1. The Morgan fingerprint density at radius 2 is 1.86 bits per heavy atom. The fraction of sp³-hybridized carbons (Fsp3) is 0.467. The largest absolute Gasteiger partial charge is 0.384 e. The van der Waals surface area contributed by atoms with Crippen LogP contribution < -0.4 is 16.0 Å². The Bertz CT molecular complexity index is 1270. The second-order valence-electron chi connectivity index (χ2n) is 11.1. The number of carbonyl (C=O) groups excluding carboxylic acids is 1. The van der Waals surface area contributed by atoms with Crippen molar-refractivity contribution in [2.24, 2.45) is 11.3 Å². The minimum absolute atomic E-state index is 0.0344. The number of anilines is 2. The number of carbonyl (C=O) groups is 1. The third-order valence-electron chi connectivity index (χ3n) is 8.25. The van der Waals surface area contributed by atoms with Crippen LogP contribution in [0, 0.1) is 11.3 Å². The lowest BCUT2D eigenvalue weighted by molar-refractivity contribution is 0.0943. The molecule has 0 bridgehead atoms. The lowest BCUT2D eigenvalue weighted by atomic mass is 9.85. The molecule has 1 amide bonds. The van der Waals surface area contributed by atoms with Gasteiger partial charge in [-0.25, -0.2) is 4.98 Å². The molecule has 0 unspecified atom stereocenters. The van der Waals surface area contributed by atoms with Crippen LogP contribution in [0.3, 0.4) is 0 Å². The Kier molecular flexibility index (Phi) is 7.75. The summed E-state index contributed by atoms with van der Waals surface area (Å²) in [6.45, 7) is 8.06. The van der Waals surface area contributed by atoms with Gasteiger partial charge in [0.1, 0.15) is 0 Å². The number of hydrogen-bond donors (Lipinski definition) is 4. The van der Waals surface area contributed by atoms with Crippen LogP contribution in [0.25, 0.3) is 11.0 Å². The van der Waals surface area contributed by atoms with E-state index in [1.807, 2.05) is 36.4 Å². The molecule has 1 heterocycles. The van der Waals surface area contributed by atoms with Gasteiger partial charge in [-0.05, 0) is 67.5 Å². The number of benzene rings is 2. The van der Waals surface area contributed by atoms with Gasteiger partial charge in [0.05, 0.1) is 21.7 Å². The first kappa shape index (κ1) is 25.7. The maximum absolute atomic E-state index is 12.7. The summed E-state index contributed by atoms with van der Waals surface area (Å²) in [6.07, 6.45) is 11.2. The molecule has 3 aromatic rings. The number of aromatic nitrogens is 2. The molecule has 2 aliphatic carbocycles. The van der Waals surface area contributed by atoms with E-state index in [2.05, 4.69) is 39.4 Å². The molecule has 7 heteroatoms. The highest BCUT2D eigenvalue weighted by atomic mass is 35.5. The molecule has 5 rings (SSSR count). The van der Waals surface area contributed by atoms with Gasteiger partial charge in [0, 0.05) is 29.8 Å². The number of nitrogens with one attached hydrogen (secondary N) is 4. The van der Waals surface area contributed by atoms with Crippen molar-refractivity contribution in [3.63, 3.8) is 0 Å². The van der Waals surface area contributed by atoms with Crippen LogP contribution in [0.4, 0.5) is 11.6 Å². The first-order chi connectivity index (χ1) is 17.9. The normalized spacial score (nSPS) is 17.6. The topological polar surface area (TPSA) is 81.8 Å². The highest BCUT2D eigenvalue weighted by Gasteiger charge is 2.31. The molecule has 1 aromatic heterocycles. The average Bonchev–Trinajstić information content (AvgIpc) is 3.54. The van der Waals surface area contributed by atoms with Crippen molar-refractivity contribution in [2.75, 3.05) is 11.9 Å². The highest BCUT2D eigenvalue weighted by molar-refractivity contribution is 6.33. The summed E-state index contributed by atoms with van der Waals surface area (Å²) < 4.78 is 0. The van der Waals surface area contributed by atoms with Crippen LogP contribution in [0.2, 0.25) is 5.02 Å². The predicted octanol–water partition coefficient (Wildman–Crippen LogP) is 7.45. The summed E-state index contributed by atoms with van der Waals surface area (Å²) in [6, 6.07) is 11.5. The van der Waals surface area contributed by atoms with E-state index in [-0.39, 0.29) is 11.3 Å². The van der Waals surface area contributed by atoms with E-state index >= 15 is 0 Å². The summed E-state index contributed by atoms with van der Waals surface area (Å²) in [5, 5.41) is 10.6. The summed E-state index contributed by atoms with van der Waals surface area (Å²) in [7, 11) is 0. The zero-order valence-electron chi connectivity index (χ0n) is 21.8. The quantitative estimate of drug-likeness (QED) is 0.236. The summed E-state index contributed by atoms with van der Waals surface area (Å²) in [4.78, 5) is 20.7. The number of fused-ring (bicyclic) bond motifs is 1. The number of nitrogens with zero attached hydrogens (tertiary/aromatic N) is 1. The van der Waals surface area contributed by atoms with Crippen LogP contribution in [0.15, 0.2) is 48.7 Å². The number of rotatable bonds is 9. The fourth-order valence-electron chi connectivity index (χ4n) is 5.73. The minimum atomic E-state index is -0.0344. The Hall–Kier alpha value is -2.99. The molecule has 0 atom stereocenters. The Balaban J connectivity index is 1.22. The lowest BCUT2D eigenvalue weighted by Crippen LogP contribution is -2.30. The van der Waals surface area contributed by atoms with Crippen molar-refractivity contribution in [2.45, 2.75) is 71.3 Å². The first-order valence-corrected chi connectivity index (χ1v) is 14.0. The van der Waals surface area contributed by atoms with Gasteiger partial charge in [-0.1, -0.05) is 63.3 Å². The van der Waals surface area contributed by atoms with Crippen LogP contribution in [-0.2, 0) is 6.54 Å². The van der Waals surface area contributed by atoms with Crippen LogP contribution >= 0.6 is 11.6 Å². The maximum Gasteiger partial charge on any atom is 0.251 e. The third kappa shape index (κ3) is 6.12. The summed E-state index contributed by atoms with van der Waals surface area (Å²) >= 11 is 6.50. The molecule has 0 aliphatic heterocycles. The van der Waals surface area contributed by atoms with Crippen LogP contribution in [0.1, 0.15) is 80.6 Å². The summed E-state index contributed by atoms with van der Waals surface area (Å²) in [5.41, 5.74) is 5.44. The first-order valence-electron chi connectivity index (χ1n) is 13.7. The fourth-order valence-corrected chi connectivity index (χ4v) is 5.89. The van der Waals surface area contributed by atoms with Gasteiger partial charge in [-0.3, -0.25) is 4.79 Å². The number of hydrogen-bond acceptors (Lipinski definition) is 4. The van der Waals surface area contributed by atoms with E-state index in [9.17, 15) is 4.79 Å². The van der Waals surface area contributed by atoms with Gasteiger partial charge >= 0.3 is 0 Å². The van der Waals surface area contributed by atoms with Gasteiger partial charge in [0.15, 0.2) is 0 Å². The molecule has 2 aromatic carbocycles. The molecule has 37 heavy (non-hydrogen) atoms. The molecule has 6 nitrogen and oxygen atoms in total. The van der Waals surface area contributed by atoms with Crippen LogP contribution in [0.5, 0.6) is 0 Å².